The minimum absolute atomic E-state index is 0.190. The Hall–Kier alpha value is -1.58. The lowest BCUT2D eigenvalue weighted by molar-refractivity contribution is -0.385. The molecule has 106 valence electrons. The van der Waals surface area contributed by atoms with E-state index >= 15 is 0 Å². The molecule has 1 unspecified atom stereocenters. The highest BCUT2D eigenvalue weighted by atomic mass is 16.6. The van der Waals surface area contributed by atoms with Crippen LogP contribution >= 0.6 is 0 Å². The van der Waals surface area contributed by atoms with Crippen molar-refractivity contribution in [1.82, 2.24) is 0 Å². The van der Waals surface area contributed by atoms with Crippen LogP contribution in [0.5, 0.6) is 0 Å². The molecule has 19 heavy (non-hydrogen) atoms. The van der Waals surface area contributed by atoms with Crippen molar-refractivity contribution in [2.45, 2.75) is 58.9 Å². The molecule has 0 fully saturated rings. The van der Waals surface area contributed by atoms with Crippen molar-refractivity contribution in [2.75, 3.05) is 5.32 Å². The van der Waals surface area contributed by atoms with Crippen LogP contribution in [0.15, 0.2) is 18.2 Å². The van der Waals surface area contributed by atoms with Gasteiger partial charge in [0.25, 0.3) is 5.69 Å². The molecule has 0 aliphatic carbocycles. The number of hydrogen-bond acceptors (Lipinski definition) is 3. The monoisotopic (exact) mass is 264 g/mol. The van der Waals surface area contributed by atoms with Crippen LogP contribution in [0.3, 0.4) is 0 Å². The highest BCUT2D eigenvalue weighted by molar-refractivity contribution is 5.60. The molecule has 1 aromatic carbocycles. The first-order valence-electron chi connectivity index (χ1n) is 7.10. The van der Waals surface area contributed by atoms with Crippen LogP contribution in [0.4, 0.5) is 11.4 Å². The number of anilines is 1. The zero-order chi connectivity index (χ0) is 14.3. The van der Waals surface area contributed by atoms with E-state index in [-0.39, 0.29) is 10.6 Å². The van der Waals surface area contributed by atoms with Crippen molar-refractivity contribution < 1.29 is 4.92 Å². The van der Waals surface area contributed by atoms with E-state index in [1.165, 1.54) is 12.8 Å². The summed E-state index contributed by atoms with van der Waals surface area (Å²) in [5, 5.41) is 14.4. The van der Waals surface area contributed by atoms with E-state index in [2.05, 4.69) is 19.2 Å². The normalized spacial score (nSPS) is 12.2. The van der Waals surface area contributed by atoms with Crippen LogP contribution in [0, 0.1) is 17.0 Å². The van der Waals surface area contributed by atoms with E-state index in [9.17, 15) is 10.1 Å². The molecule has 1 rings (SSSR count). The number of nitro benzene ring substituents is 1. The van der Waals surface area contributed by atoms with Gasteiger partial charge >= 0.3 is 0 Å². The van der Waals surface area contributed by atoms with Gasteiger partial charge in [-0.2, -0.15) is 0 Å². The summed E-state index contributed by atoms with van der Waals surface area (Å²) in [4.78, 5) is 10.6. The van der Waals surface area contributed by atoms with E-state index in [0.717, 1.165) is 30.5 Å². The zero-order valence-corrected chi connectivity index (χ0v) is 12.1. The van der Waals surface area contributed by atoms with Gasteiger partial charge in [-0.05, 0) is 25.8 Å². The van der Waals surface area contributed by atoms with E-state index in [0.29, 0.717) is 6.04 Å². The third-order valence-electron chi connectivity index (χ3n) is 3.40. The predicted molar refractivity (Wildman–Crippen MR) is 79.7 cm³/mol. The van der Waals surface area contributed by atoms with Gasteiger partial charge in [-0.1, -0.05) is 39.2 Å². The van der Waals surface area contributed by atoms with Crippen molar-refractivity contribution >= 4 is 11.4 Å². The molecule has 1 aromatic rings. The highest BCUT2D eigenvalue weighted by Crippen LogP contribution is 2.26. The van der Waals surface area contributed by atoms with Crippen molar-refractivity contribution in [2.24, 2.45) is 0 Å². The van der Waals surface area contributed by atoms with Crippen molar-refractivity contribution in [3.05, 3.63) is 33.9 Å². The average Bonchev–Trinajstić information content (AvgIpc) is 2.38. The van der Waals surface area contributed by atoms with Crippen molar-refractivity contribution in [3.8, 4) is 0 Å². The Labute approximate surface area is 115 Å². The molecule has 0 aliphatic heterocycles. The van der Waals surface area contributed by atoms with Gasteiger partial charge in [-0.25, -0.2) is 0 Å². The maximum Gasteiger partial charge on any atom is 0.274 e. The molecular weight excluding hydrogens is 240 g/mol. The second kappa shape index (κ2) is 7.77. The van der Waals surface area contributed by atoms with Gasteiger partial charge in [-0.3, -0.25) is 10.1 Å². The molecule has 4 nitrogen and oxygen atoms in total. The van der Waals surface area contributed by atoms with E-state index in [4.69, 9.17) is 0 Å². The van der Waals surface area contributed by atoms with E-state index in [1.54, 1.807) is 12.1 Å². The molecule has 0 amide bonds. The zero-order valence-electron chi connectivity index (χ0n) is 12.1. The summed E-state index contributed by atoms with van der Waals surface area (Å²) in [6.45, 7) is 6.16. The minimum Gasteiger partial charge on any atom is -0.382 e. The Bertz CT molecular complexity index is 419. The Balaban J connectivity index is 2.83. The van der Waals surface area contributed by atoms with Crippen LogP contribution in [0.1, 0.15) is 51.5 Å². The second-order valence-corrected chi connectivity index (χ2v) is 4.98. The van der Waals surface area contributed by atoms with E-state index in [1.807, 2.05) is 13.0 Å². The highest BCUT2D eigenvalue weighted by Gasteiger charge is 2.15. The summed E-state index contributed by atoms with van der Waals surface area (Å²) in [6.07, 6.45) is 5.70. The fourth-order valence-corrected chi connectivity index (χ4v) is 2.29. The lowest BCUT2D eigenvalue weighted by Gasteiger charge is -2.20. The lowest BCUT2D eigenvalue weighted by atomic mass is 10.0. The quantitative estimate of drug-likeness (QED) is 0.548. The summed E-state index contributed by atoms with van der Waals surface area (Å²) < 4.78 is 0. The van der Waals surface area contributed by atoms with Gasteiger partial charge < -0.3 is 5.32 Å². The number of nitrogens with one attached hydrogen (secondary N) is 1. The molecule has 0 saturated heterocycles. The van der Waals surface area contributed by atoms with Crippen molar-refractivity contribution in [3.63, 3.8) is 0 Å². The predicted octanol–water partition coefficient (Wildman–Crippen LogP) is 4.67. The van der Waals surface area contributed by atoms with Gasteiger partial charge in [-0.15, -0.1) is 0 Å². The first-order chi connectivity index (χ1) is 9.10. The number of rotatable bonds is 8. The van der Waals surface area contributed by atoms with Crippen LogP contribution in [-0.4, -0.2) is 11.0 Å². The van der Waals surface area contributed by atoms with E-state index < -0.39 is 0 Å². The molecule has 0 spiro atoms. The molecule has 0 aliphatic rings. The van der Waals surface area contributed by atoms with Gasteiger partial charge in [0.1, 0.15) is 0 Å². The van der Waals surface area contributed by atoms with Crippen LogP contribution < -0.4 is 5.32 Å². The van der Waals surface area contributed by atoms with Gasteiger partial charge in [0.05, 0.1) is 4.92 Å². The van der Waals surface area contributed by atoms with Gasteiger partial charge in [0, 0.05) is 23.4 Å². The Morgan fingerprint density at radius 3 is 2.58 bits per heavy atom. The molecule has 1 N–H and O–H groups in total. The third kappa shape index (κ3) is 4.54. The number of hydrogen-bond donors (Lipinski definition) is 1. The second-order valence-electron chi connectivity index (χ2n) is 4.98. The standard InChI is InChI=1S/C15H24N2O2/c1-4-6-9-13(8-5-2)16-14-10-7-11-15(12(14)3)17(18)19/h7,10-11,13,16H,4-6,8-9H2,1-3H3. The minimum atomic E-state index is -0.318. The first kappa shape index (κ1) is 15.5. The molecule has 0 radical (unpaired) electrons. The lowest BCUT2D eigenvalue weighted by Crippen LogP contribution is -2.19. The maximum atomic E-state index is 10.9. The molecule has 0 heterocycles. The summed E-state index contributed by atoms with van der Waals surface area (Å²) in [6, 6.07) is 5.64. The van der Waals surface area contributed by atoms with Gasteiger partial charge in [0.2, 0.25) is 0 Å². The fourth-order valence-electron chi connectivity index (χ4n) is 2.29. The summed E-state index contributed by atoms with van der Waals surface area (Å²) in [5.41, 5.74) is 1.81. The smallest absolute Gasteiger partial charge is 0.274 e. The third-order valence-corrected chi connectivity index (χ3v) is 3.40. The largest absolute Gasteiger partial charge is 0.382 e. The summed E-state index contributed by atoms with van der Waals surface area (Å²) in [7, 11) is 0. The molecule has 4 heteroatoms. The van der Waals surface area contributed by atoms with Crippen LogP contribution in [0.25, 0.3) is 0 Å². The molecule has 1 atom stereocenters. The number of nitrogens with zero attached hydrogens (tertiary/aromatic N) is 1. The van der Waals surface area contributed by atoms with Crippen LogP contribution in [-0.2, 0) is 0 Å². The number of nitro groups is 1. The Morgan fingerprint density at radius 2 is 2.00 bits per heavy atom. The summed E-state index contributed by atoms with van der Waals surface area (Å²) in [5.74, 6) is 0. The number of unbranched alkanes of at least 4 members (excludes halogenated alkanes) is 1. The molecule has 0 saturated carbocycles. The Kier molecular flexibility index (Phi) is 6.33. The molecule has 0 bridgehead atoms. The van der Waals surface area contributed by atoms with Crippen molar-refractivity contribution in [1.29, 1.82) is 0 Å². The fraction of sp³-hybridized carbons (Fsp3) is 0.600. The molecular formula is C15H24N2O2. The summed E-state index contributed by atoms with van der Waals surface area (Å²) >= 11 is 0. The Morgan fingerprint density at radius 1 is 1.26 bits per heavy atom. The SMILES string of the molecule is CCCCC(CCC)Nc1cccc([N+](=O)[O-])c1C. The van der Waals surface area contributed by atoms with Crippen LogP contribution in [0.2, 0.25) is 0 Å². The average molecular weight is 264 g/mol. The topological polar surface area (TPSA) is 55.2 Å². The molecule has 0 aromatic heterocycles. The van der Waals surface area contributed by atoms with Gasteiger partial charge in [0.15, 0.2) is 0 Å². The first-order valence-corrected chi connectivity index (χ1v) is 7.10. The number of benzene rings is 1. The maximum absolute atomic E-state index is 10.9.